The van der Waals surface area contributed by atoms with Gasteiger partial charge in [-0.05, 0) is 5.92 Å². The van der Waals surface area contributed by atoms with Crippen molar-refractivity contribution < 1.29 is 0 Å². The monoisotopic (exact) mass is 184 g/mol. The van der Waals surface area contributed by atoms with E-state index in [9.17, 15) is 0 Å². The molecule has 0 aliphatic heterocycles. The summed E-state index contributed by atoms with van der Waals surface area (Å²) >= 11 is 0. The Labute approximate surface area is 86.4 Å². The quantitative estimate of drug-likeness (QED) is 0.432. The highest BCUT2D eigenvalue weighted by atomic mass is 14.0. The maximum absolute atomic E-state index is 4.00. The Morgan fingerprint density at radius 3 is 1.46 bits per heavy atom. The summed E-state index contributed by atoms with van der Waals surface area (Å²) in [7, 11) is 0. The molecule has 0 radical (unpaired) electrons. The van der Waals surface area contributed by atoms with E-state index >= 15 is 0 Å². The fourth-order valence-corrected chi connectivity index (χ4v) is 0.697. The Morgan fingerprint density at radius 1 is 1.08 bits per heavy atom. The van der Waals surface area contributed by atoms with E-state index in [0.717, 1.165) is 5.92 Å². The average molecular weight is 184 g/mol. The van der Waals surface area contributed by atoms with Gasteiger partial charge in [0.05, 0.1) is 0 Å². The molecule has 0 aliphatic carbocycles. The topological polar surface area (TPSA) is 0 Å². The summed E-state index contributed by atoms with van der Waals surface area (Å²) in [5.74, 6) is 0.949. The maximum atomic E-state index is 4.00. The van der Waals surface area contributed by atoms with Gasteiger partial charge in [-0.25, -0.2) is 0 Å². The Hall–Kier alpha value is -0.700. The maximum Gasteiger partial charge on any atom is -0.0446 e. The van der Waals surface area contributed by atoms with Crippen molar-refractivity contribution in [3.63, 3.8) is 0 Å². The summed E-state index contributed by atoms with van der Waals surface area (Å²) in [6.07, 6.45) is 12.1. The first-order chi connectivity index (χ1) is 6.31. The Morgan fingerprint density at radius 2 is 1.38 bits per heavy atom. The number of hydrogen-bond donors (Lipinski definition) is 0. The molecule has 0 bridgehead atoms. The first-order valence-electron chi connectivity index (χ1n) is 5.14. The molecule has 0 aromatic heterocycles. The van der Waals surface area contributed by atoms with E-state index in [1.807, 2.05) is 13.8 Å². The third kappa shape index (κ3) is 52.9. The molecule has 0 rings (SSSR count). The molecule has 0 aromatic rings. The molecule has 0 heterocycles. The van der Waals surface area contributed by atoms with E-state index in [1.165, 1.54) is 19.3 Å². The van der Waals surface area contributed by atoms with Crippen LogP contribution < -0.4 is 0 Å². The van der Waals surface area contributed by atoms with Crippen molar-refractivity contribution in [1.29, 1.82) is 0 Å². The minimum absolute atomic E-state index is 0.949. The molecule has 0 saturated carbocycles. The number of terminal acetylenes is 1. The lowest BCUT2D eigenvalue weighted by Crippen LogP contribution is -1.88. The first kappa shape index (κ1) is 22.8. The lowest BCUT2D eigenvalue weighted by molar-refractivity contribution is 0.509. The summed E-state index contributed by atoms with van der Waals surface area (Å²) in [5.41, 5.74) is 0. The molecule has 0 aromatic carbocycles. The van der Waals surface area contributed by atoms with Crippen LogP contribution in [0.1, 0.15) is 53.9 Å². The molecular formula is C13H28. The van der Waals surface area contributed by atoms with Gasteiger partial charge < -0.3 is 0 Å². The van der Waals surface area contributed by atoms with Crippen molar-refractivity contribution in [2.75, 3.05) is 0 Å². The SMILES string of the molecule is C#C.C=C.CC.CCCC(C)CC. The predicted octanol–water partition coefficient (Wildman–Crippen LogP) is 4.91. The van der Waals surface area contributed by atoms with Gasteiger partial charge in [0.25, 0.3) is 0 Å². The molecule has 0 nitrogen and oxygen atoms in total. The van der Waals surface area contributed by atoms with Gasteiger partial charge in [-0.1, -0.05) is 53.9 Å². The lowest BCUT2D eigenvalue weighted by Gasteiger charge is -2.02. The normalized spacial score (nSPS) is 8.54. The van der Waals surface area contributed by atoms with E-state index in [2.05, 4.69) is 46.8 Å². The summed E-state index contributed by atoms with van der Waals surface area (Å²) in [6, 6.07) is 0. The van der Waals surface area contributed by atoms with Gasteiger partial charge in [-0.15, -0.1) is 26.0 Å². The molecule has 0 fully saturated rings. The van der Waals surface area contributed by atoms with E-state index in [-0.39, 0.29) is 0 Å². The van der Waals surface area contributed by atoms with Crippen LogP contribution in [0.2, 0.25) is 0 Å². The van der Waals surface area contributed by atoms with Crippen molar-refractivity contribution in [2.45, 2.75) is 53.9 Å². The third-order valence-corrected chi connectivity index (χ3v) is 1.48. The summed E-state index contributed by atoms with van der Waals surface area (Å²) in [5, 5.41) is 0. The summed E-state index contributed by atoms with van der Waals surface area (Å²) in [6.45, 7) is 16.8. The number of hydrogen-bond acceptors (Lipinski definition) is 0. The highest BCUT2D eigenvalue weighted by molar-refractivity contribution is 4.47. The smallest absolute Gasteiger partial charge is 0.0446 e. The molecule has 0 N–H and O–H groups in total. The second-order valence-corrected chi connectivity index (χ2v) is 2.30. The second-order valence-electron chi connectivity index (χ2n) is 2.30. The zero-order valence-electron chi connectivity index (χ0n) is 10.3. The summed E-state index contributed by atoms with van der Waals surface area (Å²) in [4.78, 5) is 0. The standard InChI is InChI=1S/C7H16.C2H6.C2H4.C2H2/c1-4-6-7(3)5-2;3*1-2/h7H,4-6H2,1-3H3;1-2H3;1-2H2;1-2H. The van der Waals surface area contributed by atoms with Gasteiger partial charge >= 0.3 is 0 Å². The van der Waals surface area contributed by atoms with Crippen LogP contribution in [0.15, 0.2) is 13.2 Å². The largest absolute Gasteiger partial charge is 0.124 e. The molecular weight excluding hydrogens is 156 g/mol. The molecule has 0 saturated heterocycles. The fourth-order valence-electron chi connectivity index (χ4n) is 0.697. The first-order valence-corrected chi connectivity index (χ1v) is 5.14. The van der Waals surface area contributed by atoms with Crippen molar-refractivity contribution in [2.24, 2.45) is 5.92 Å². The van der Waals surface area contributed by atoms with Gasteiger partial charge in [0.1, 0.15) is 0 Å². The lowest BCUT2D eigenvalue weighted by atomic mass is 10.0. The van der Waals surface area contributed by atoms with Crippen LogP contribution in [0.3, 0.4) is 0 Å². The van der Waals surface area contributed by atoms with E-state index < -0.39 is 0 Å². The van der Waals surface area contributed by atoms with Crippen molar-refractivity contribution in [3.05, 3.63) is 13.2 Å². The van der Waals surface area contributed by atoms with Gasteiger partial charge in [-0.2, -0.15) is 0 Å². The van der Waals surface area contributed by atoms with E-state index in [4.69, 9.17) is 0 Å². The van der Waals surface area contributed by atoms with Crippen LogP contribution in [0.4, 0.5) is 0 Å². The molecule has 0 amide bonds. The van der Waals surface area contributed by atoms with Crippen LogP contribution in [0.5, 0.6) is 0 Å². The Bertz CT molecular complexity index is 61.7. The van der Waals surface area contributed by atoms with Crippen LogP contribution in [-0.2, 0) is 0 Å². The minimum atomic E-state index is 0.949. The van der Waals surface area contributed by atoms with Crippen LogP contribution in [0, 0.1) is 18.8 Å². The highest BCUT2D eigenvalue weighted by Gasteiger charge is 1.92. The van der Waals surface area contributed by atoms with Gasteiger partial charge in [0.2, 0.25) is 0 Å². The van der Waals surface area contributed by atoms with Crippen LogP contribution in [0.25, 0.3) is 0 Å². The predicted molar refractivity (Wildman–Crippen MR) is 66.9 cm³/mol. The zero-order chi connectivity index (χ0) is 11.7. The minimum Gasteiger partial charge on any atom is -0.124 e. The average Bonchev–Trinajstić information content (AvgIpc) is 2.27. The molecule has 80 valence electrons. The van der Waals surface area contributed by atoms with Gasteiger partial charge in [0.15, 0.2) is 0 Å². The highest BCUT2D eigenvalue weighted by Crippen LogP contribution is 2.07. The fraction of sp³-hybridized carbons (Fsp3) is 0.692. The van der Waals surface area contributed by atoms with E-state index in [0.29, 0.717) is 0 Å². The zero-order valence-corrected chi connectivity index (χ0v) is 10.3. The third-order valence-electron chi connectivity index (χ3n) is 1.48. The molecule has 0 aliphatic rings. The summed E-state index contributed by atoms with van der Waals surface area (Å²) < 4.78 is 0. The van der Waals surface area contributed by atoms with Crippen molar-refractivity contribution in [3.8, 4) is 12.8 Å². The van der Waals surface area contributed by atoms with Crippen molar-refractivity contribution >= 4 is 0 Å². The molecule has 0 spiro atoms. The number of rotatable bonds is 3. The molecule has 1 atom stereocenters. The second kappa shape index (κ2) is 42.7. The van der Waals surface area contributed by atoms with Crippen molar-refractivity contribution in [1.82, 2.24) is 0 Å². The van der Waals surface area contributed by atoms with Crippen LogP contribution in [-0.4, -0.2) is 0 Å². The van der Waals surface area contributed by atoms with Gasteiger partial charge in [0, 0.05) is 0 Å². The van der Waals surface area contributed by atoms with E-state index in [1.54, 1.807) is 0 Å². The molecule has 0 heteroatoms. The molecule has 1 unspecified atom stereocenters. The van der Waals surface area contributed by atoms with Crippen LogP contribution >= 0.6 is 0 Å². The van der Waals surface area contributed by atoms with Gasteiger partial charge in [-0.3, -0.25) is 0 Å². The Balaban J connectivity index is -0.0000000573. The Kier molecular flexibility index (Phi) is 74.8. The molecule has 13 heavy (non-hydrogen) atoms.